The number of hydrogen-bond acceptors (Lipinski definition) is 3. The molecule has 0 unspecified atom stereocenters. The minimum atomic E-state index is -4.01. The fourth-order valence-electron chi connectivity index (χ4n) is 0.938. The summed E-state index contributed by atoms with van der Waals surface area (Å²) in [6.45, 7) is 0. The van der Waals surface area contributed by atoms with Crippen molar-refractivity contribution in [2.75, 3.05) is 10.5 Å². The van der Waals surface area contributed by atoms with Gasteiger partial charge in [0.2, 0.25) is 15.1 Å². The second-order valence-electron chi connectivity index (χ2n) is 2.88. The molecule has 0 heterocycles. The van der Waals surface area contributed by atoms with Gasteiger partial charge in [-0.25, -0.2) is 17.2 Å². The number of benzene rings is 1. The van der Waals surface area contributed by atoms with Crippen molar-refractivity contribution in [2.24, 2.45) is 0 Å². The van der Waals surface area contributed by atoms with Crippen LogP contribution in [0.15, 0.2) is 18.2 Å². The average Bonchev–Trinajstić information content (AvgIpc) is 2.07. The lowest BCUT2D eigenvalue weighted by molar-refractivity contribution is -0.108. The van der Waals surface area contributed by atoms with E-state index in [1.54, 1.807) is 4.72 Å². The number of carbonyl (C=O) groups is 1. The zero-order valence-corrected chi connectivity index (χ0v) is 9.49. The van der Waals surface area contributed by atoms with Gasteiger partial charge in [0.1, 0.15) is 17.4 Å². The molecule has 4 nitrogen and oxygen atoms in total. The van der Waals surface area contributed by atoms with Gasteiger partial charge in [-0.1, -0.05) is 0 Å². The Hall–Kier alpha value is -1.15. The van der Waals surface area contributed by atoms with Crippen LogP contribution in [0.2, 0.25) is 0 Å². The van der Waals surface area contributed by atoms with Crippen molar-refractivity contribution < 1.29 is 22.0 Å². The van der Waals surface area contributed by atoms with E-state index in [1.165, 1.54) is 0 Å². The number of halogens is 2. The molecular formula is C8H7F2NO3S2. The van der Waals surface area contributed by atoms with Crippen molar-refractivity contribution >= 4 is 33.5 Å². The van der Waals surface area contributed by atoms with Gasteiger partial charge in [0, 0.05) is 6.07 Å². The monoisotopic (exact) mass is 267 g/mol. The molecule has 88 valence electrons. The molecule has 0 saturated carbocycles. The zero-order chi connectivity index (χ0) is 12.3. The summed E-state index contributed by atoms with van der Waals surface area (Å²) in [6, 6.07) is 2.34. The van der Waals surface area contributed by atoms with Crippen molar-refractivity contribution in [2.45, 2.75) is 0 Å². The van der Waals surface area contributed by atoms with E-state index in [1.807, 2.05) is 0 Å². The fraction of sp³-hybridized carbons (Fsp3) is 0.125. The molecule has 0 fully saturated rings. The number of thiol groups is 1. The van der Waals surface area contributed by atoms with Gasteiger partial charge in [-0.3, -0.25) is 9.52 Å². The van der Waals surface area contributed by atoms with Crippen LogP contribution < -0.4 is 4.72 Å². The van der Waals surface area contributed by atoms with Crippen molar-refractivity contribution in [3.8, 4) is 0 Å². The Bertz CT molecular complexity index is 516. The minimum absolute atomic E-state index is 0.420. The molecule has 16 heavy (non-hydrogen) atoms. The van der Waals surface area contributed by atoms with Crippen LogP contribution in [-0.4, -0.2) is 19.3 Å². The summed E-state index contributed by atoms with van der Waals surface area (Å²) in [5.74, 6) is -2.77. The summed E-state index contributed by atoms with van der Waals surface area (Å²) in [5.41, 5.74) is -0.420. The molecule has 0 atom stereocenters. The number of rotatable bonds is 4. The molecule has 0 radical (unpaired) electrons. The maximum absolute atomic E-state index is 13.0. The highest BCUT2D eigenvalue weighted by Crippen LogP contribution is 2.16. The molecule has 8 heteroatoms. The lowest BCUT2D eigenvalue weighted by Gasteiger charge is -2.06. The molecule has 0 spiro atoms. The fourth-order valence-corrected chi connectivity index (χ4v) is 2.35. The quantitative estimate of drug-likeness (QED) is 0.805. The molecular weight excluding hydrogens is 260 g/mol. The first-order chi connectivity index (χ1) is 7.30. The second-order valence-corrected chi connectivity index (χ2v) is 5.10. The Morgan fingerprint density at radius 3 is 2.50 bits per heavy atom. The average molecular weight is 267 g/mol. The Morgan fingerprint density at radius 1 is 1.38 bits per heavy atom. The Balaban J connectivity index is 2.92. The van der Waals surface area contributed by atoms with Gasteiger partial charge in [0.25, 0.3) is 0 Å². The van der Waals surface area contributed by atoms with Gasteiger partial charge in [0.15, 0.2) is 0 Å². The standard InChI is InChI=1S/C8H7F2NO3S2/c9-5-1-2-7(6(10)3-5)11-16(13,14)4-8(12)15/h1-3,11H,4H2,(H,12,15). The summed E-state index contributed by atoms with van der Waals surface area (Å²) >= 11 is 3.29. The van der Waals surface area contributed by atoms with Gasteiger partial charge in [0.05, 0.1) is 5.69 Å². The molecule has 1 N–H and O–H groups in total. The lowest BCUT2D eigenvalue weighted by atomic mass is 10.3. The summed E-state index contributed by atoms with van der Waals surface area (Å²) in [5, 5.41) is -0.880. The predicted molar refractivity (Wildman–Crippen MR) is 57.8 cm³/mol. The number of nitrogens with one attached hydrogen (secondary N) is 1. The molecule has 1 aromatic carbocycles. The van der Waals surface area contributed by atoms with Crippen molar-refractivity contribution in [3.63, 3.8) is 0 Å². The van der Waals surface area contributed by atoms with E-state index >= 15 is 0 Å². The number of sulfonamides is 1. The van der Waals surface area contributed by atoms with E-state index in [4.69, 9.17) is 0 Å². The number of carbonyl (C=O) groups excluding carboxylic acids is 1. The first-order valence-corrected chi connectivity index (χ1v) is 6.07. The largest absolute Gasteiger partial charge is 0.286 e. The van der Waals surface area contributed by atoms with Crippen LogP contribution in [0.3, 0.4) is 0 Å². The maximum atomic E-state index is 13.0. The van der Waals surface area contributed by atoms with Crippen LogP contribution in [0, 0.1) is 11.6 Å². The molecule has 0 aliphatic carbocycles. The third kappa shape index (κ3) is 3.78. The minimum Gasteiger partial charge on any atom is -0.286 e. The predicted octanol–water partition coefficient (Wildman–Crippen LogP) is 1.16. The molecule has 1 rings (SSSR count). The molecule has 0 aromatic heterocycles. The molecule has 0 saturated heterocycles. The van der Waals surface area contributed by atoms with Crippen LogP contribution in [0.25, 0.3) is 0 Å². The highest BCUT2D eigenvalue weighted by Gasteiger charge is 2.16. The molecule has 0 bridgehead atoms. The van der Waals surface area contributed by atoms with Crippen LogP contribution in [0.1, 0.15) is 0 Å². The van der Waals surface area contributed by atoms with Crippen LogP contribution in [0.5, 0.6) is 0 Å². The van der Waals surface area contributed by atoms with Crippen LogP contribution in [-0.2, 0) is 14.8 Å². The Morgan fingerprint density at radius 2 is 2.00 bits per heavy atom. The van der Waals surface area contributed by atoms with E-state index in [2.05, 4.69) is 12.6 Å². The Labute approximate surface area is 96.1 Å². The molecule has 0 aliphatic rings. The summed E-state index contributed by atoms with van der Waals surface area (Å²) < 4.78 is 49.8. The van der Waals surface area contributed by atoms with Gasteiger partial charge in [-0.2, -0.15) is 0 Å². The highest BCUT2D eigenvalue weighted by molar-refractivity contribution is 8.01. The topological polar surface area (TPSA) is 63.2 Å². The first kappa shape index (κ1) is 12.9. The van der Waals surface area contributed by atoms with Crippen molar-refractivity contribution in [3.05, 3.63) is 29.8 Å². The maximum Gasteiger partial charge on any atom is 0.240 e. The smallest absolute Gasteiger partial charge is 0.240 e. The van der Waals surface area contributed by atoms with Gasteiger partial charge in [-0.05, 0) is 12.1 Å². The van der Waals surface area contributed by atoms with Gasteiger partial charge < -0.3 is 0 Å². The molecule has 0 amide bonds. The van der Waals surface area contributed by atoms with E-state index < -0.39 is 38.2 Å². The third-order valence-corrected chi connectivity index (χ3v) is 3.06. The third-order valence-electron chi connectivity index (χ3n) is 1.51. The highest BCUT2D eigenvalue weighted by atomic mass is 32.2. The Kier molecular flexibility index (Phi) is 3.87. The number of hydrogen-bond donors (Lipinski definition) is 2. The summed E-state index contributed by atoms with van der Waals surface area (Å²) in [4.78, 5) is 10.5. The van der Waals surface area contributed by atoms with E-state index in [0.717, 1.165) is 12.1 Å². The van der Waals surface area contributed by atoms with E-state index in [9.17, 15) is 22.0 Å². The number of anilines is 1. The summed E-state index contributed by atoms with van der Waals surface area (Å²) in [6.07, 6.45) is 0. The second kappa shape index (κ2) is 4.79. The normalized spacial score (nSPS) is 11.2. The molecule has 1 aromatic rings. The summed E-state index contributed by atoms with van der Waals surface area (Å²) in [7, 11) is -4.01. The SMILES string of the molecule is O=C(S)CS(=O)(=O)Nc1ccc(F)cc1F. The first-order valence-electron chi connectivity index (χ1n) is 3.97. The molecule has 0 aliphatic heterocycles. The zero-order valence-electron chi connectivity index (χ0n) is 7.78. The van der Waals surface area contributed by atoms with E-state index in [0.29, 0.717) is 6.07 Å². The van der Waals surface area contributed by atoms with Crippen molar-refractivity contribution in [1.29, 1.82) is 0 Å². The van der Waals surface area contributed by atoms with E-state index in [-0.39, 0.29) is 0 Å². The van der Waals surface area contributed by atoms with Gasteiger partial charge >= 0.3 is 0 Å². The van der Waals surface area contributed by atoms with Crippen molar-refractivity contribution in [1.82, 2.24) is 0 Å². The van der Waals surface area contributed by atoms with Gasteiger partial charge in [-0.15, -0.1) is 12.6 Å². The van der Waals surface area contributed by atoms with Crippen LogP contribution in [0.4, 0.5) is 14.5 Å². The lowest BCUT2D eigenvalue weighted by Crippen LogP contribution is -2.20. The van der Waals surface area contributed by atoms with Crippen LogP contribution >= 0.6 is 12.6 Å².